The standard InChI is InChI=1S/C81H72N2.C2H6/c1-49-43-50(2)45-55(44-49)67-48-71-75(72(53(67)5)62-31-21-19-25-51(62)3)65-41-39-60(46-69(65)79(71,7)8)83(59-37-35-58(36-38-59)82(56-27-15-13-16-28-56)57-29-17-14-18-30-57)61-40-42-66-70(47-61)81(11,12)78-76(66)73(63-32-22-20-26-52(63)4)54(6)74-64-33-23-24-34-68(64)80(9,10)77(74)78;1-2/h13-48H,1-12H3;1-2H3. The number of para-hydroxylation sites is 2. The minimum absolute atomic E-state index is 0.194. The van der Waals surface area contributed by atoms with Crippen molar-refractivity contribution in [1.29, 1.82) is 0 Å². The highest BCUT2D eigenvalue weighted by Crippen LogP contribution is 2.64. The van der Waals surface area contributed by atoms with Crippen LogP contribution in [0.1, 0.15) is 122 Å². The lowest BCUT2D eigenvalue weighted by molar-refractivity contribution is 0.601. The molecule has 0 amide bonds. The van der Waals surface area contributed by atoms with Gasteiger partial charge < -0.3 is 9.80 Å². The molecule has 11 aromatic rings. The fourth-order valence-corrected chi connectivity index (χ4v) is 15.4. The Hall–Kier alpha value is -8.98. The summed E-state index contributed by atoms with van der Waals surface area (Å²) in [5.41, 5.74) is 38.1. The van der Waals surface area contributed by atoms with Crippen LogP contribution in [-0.2, 0) is 16.2 Å². The largest absolute Gasteiger partial charge is 0.311 e. The van der Waals surface area contributed by atoms with Crippen LogP contribution in [0.5, 0.6) is 0 Å². The van der Waals surface area contributed by atoms with Gasteiger partial charge in [-0.05, 0) is 243 Å². The third-order valence-corrected chi connectivity index (χ3v) is 19.3. The maximum absolute atomic E-state index is 2.55. The number of fused-ring (bicyclic) bond motifs is 10. The Labute approximate surface area is 506 Å². The van der Waals surface area contributed by atoms with Gasteiger partial charge in [0.05, 0.1) is 0 Å². The molecule has 85 heavy (non-hydrogen) atoms. The molecule has 2 nitrogen and oxygen atoms in total. The Bertz CT molecular complexity index is 4400. The predicted molar refractivity (Wildman–Crippen MR) is 365 cm³/mol. The molecule has 0 heterocycles. The van der Waals surface area contributed by atoms with Crippen molar-refractivity contribution in [2.24, 2.45) is 0 Å². The molecule has 11 aromatic carbocycles. The van der Waals surface area contributed by atoms with Gasteiger partial charge in [0.2, 0.25) is 0 Å². The molecular formula is C83H78N2. The van der Waals surface area contributed by atoms with Crippen molar-refractivity contribution in [3.63, 3.8) is 0 Å². The highest BCUT2D eigenvalue weighted by atomic mass is 15.2. The highest BCUT2D eigenvalue weighted by Gasteiger charge is 2.48. The number of rotatable bonds is 9. The molecule has 0 radical (unpaired) electrons. The number of hydrogen-bond acceptors (Lipinski definition) is 2. The quantitative estimate of drug-likeness (QED) is 0.142. The summed E-state index contributed by atoms with van der Waals surface area (Å²) >= 11 is 0. The normalized spacial score (nSPS) is 14.0. The van der Waals surface area contributed by atoms with Crippen LogP contribution in [0.4, 0.5) is 34.1 Å². The van der Waals surface area contributed by atoms with Gasteiger partial charge in [-0.3, -0.25) is 0 Å². The van der Waals surface area contributed by atoms with Gasteiger partial charge in [-0.15, -0.1) is 0 Å². The van der Waals surface area contributed by atoms with Gasteiger partial charge >= 0.3 is 0 Å². The van der Waals surface area contributed by atoms with Crippen molar-refractivity contribution in [3.8, 4) is 66.8 Å². The highest BCUT2D eigenvalue weighted by molar-refractivity contribution is 6.04. The molecule has 0 bridgehead atoms. The summed E-state index contributed by atoms with van der Waals surface area (Å²) in [5.74, 6) is 0. The van der Waals surface area contributed by atoms with Crippen molar-refractivity contribution in [3.05, 3.63) is 285 Å². The van der Waals surface area contributed by atoms with E-state index in [9.17, 15) is 0 Å². The summed E-state index contributed by atoms with van der Waals surface area (Å²) in [6, 6.07) is 82.2. The monoisotopic (exact) mass is 1100 g/mol. The maximum Gasteiger partial charge on any atom is 0.0465 e. The SMILES string of the molecule is CC.Cc1cc(C)cc(-c2cc3c(c(-c4ccccc4C)c2C)-c2ccc(N(c4ccc(N(c5ccccc5)c5ccccc5)cc4)c4ccc5c(c4)C(C)(C)c4c-5c(-c5ccccc5C)c(C)c5c4C(C)(C)c4ccccc4-5)cc2C3(C)C)c1. The van der Waals surface area contributed by atoms with Crippen molar-refractivity contribution in [2.45, 2.75) is 113 Å². The second kappa shape index (κ2) is 20.7. The first-order chi connectivity index (χ1) is 40.9. The van der Waals surface area contributed by atoms with Crippen molar-refractivity contribution < 1.29 is 0 Å². The molecule has 14 rings (SSSR count). The van der Waals surface area contributed by atoms with Gasteiger partial charge in [-0.1, -0.05) is 206 Å². The summed E-state index contributed by atoms with van der Waals surface area (Å²) < 4.78 is 0. The van der Waals surface area contributed by atoms with Gasteiger partial charge in [0.25, 0.3) is 0 Å². The first-order valence-electron chi connectivity index (χ1n) is 30.8. The van der Waals surface area contributed by atoms with E-state index in [1.54, 1.807) is 0 Å². The summed E-state index contributed by atoms with van der Waals surface area (Å²) in [4.78, 5) is 4.88. The average molecular weight is 1100 g/mol. The van der Waals surface area contributed by atoms with Crippen LogP contribution < -0.4 is 9.80 Å². The van der Waals surface area contributed by atoms with E-state index in [-0.39, 0.29) is 16.2 Å². The molecule has 0 unspecified atom stereocenters. The van der Waals surface area contributed by atoms with Crippen LogP contribution in [-0.4, -0.2) is 0 Å². The van der Waals surface area contributed by atoms with Crippen LogP contribution in [0.2, 0.25) is 0 Å². The van der Waals surface area contributed by atoms with E-state index in [1.165, 1.54) is 134 Å². The Kier molecular flexibility index (Phi) is 13.4. The summed E-state index contributed by atoms with van der Waals surface area (Å²) in [6.45, 7) is 32.5. The van der Waals surface area contributed by atoms with E-state index in [2.05, 4.69) is 311 Å². The molecule has 0 saturated carbocycles. The zero-order valence-electron chi connectivity index (χ0n) is 52.2. The summed E-state index contributed by atoms with van der Waals surface area (Å²) in [7, 11) is 0. The fraction of sp³-hybridized carbons (Fsp3) is 0.205. The predicted octanol–water partition coefficient (Wildman–Crippen LogP) is 23.4. The van der Waals surface area contributed by atoms with Crippen molar-refractivity contribution in [1.82, 2.24) is 0 Å². The molecule has 0 atom stereocenters. The zero-order chi connectivity index (χ0) is 59.4. The molecule has 3 aliphatic rings. The zero-order valence-corrected chi connectivity index (χ0v) is 52.2. The number of benzene rings is 11. The number of nitrogens with zero attached hydrogens (tertiary/aromatic N) is 2. The smallest absolute Gasteiger partial charge is 0.0465 e. The Morgan fingerprint density at radius 1 is 0.259 bits per heavy atom. The van der Waals surface area contributed by atoms with Crippen LogP contribution in [0.15, 0.2) is 218 Å². The number of anilines is 6. The molecule has 2 heteroatoms. The first-order valence-corrected chi connectivity index (χ1v) is 30.8. The lowest BCUT2D eigenvalue weighted by atomic mass is 9.70. The molecule has 0 aliphatic heterocycles. The average Bonchev–Trinajstić information content (AvgIpc) is 1.59. The van der Waals surface area contributed by atoms with E-state index in [0.29, 0.717) is 0 Å². The van der Waals surface area contributed by atoms with Crippen LogP contribution in [0, 0.1) is 41.5 Å². The van der Waals surface area contributed by atoms with Gasteiger partial charge in [0, 0.05) is 50.4 Å². The third kappa shape index (κ3) is 8.57. The van der Waals surface area contributed by atoms with E-state index in [4.69, 9.17) is 0 Å². The van der Waals surface area contributed by atoms with E-state index >= 15 is 0 Å². The molecule has 3 aliphatic carbocycles. The molecule has 0 spiro atoms. The van der Waals surface area contributed by atoms with Crippen molar-refractivity contribution >= 4 is 34.1 Å². The van der Waals surface area contributed by atoms with Gasteiger partial charge in [0.1, 0.15) is 0 Å². The Morgan fingerprint density at radius 3 is 1.18 bits per heavy atom. The van der Waals surface area contributed by atoms with Crippen LogP contribution in [0.25, 0.3) is 66.8 Å². The molecule has 0 N–H and O–H groups in total. The number of hydrogen-bond donors (Lipinski definition) is 0. The van der Waals surface area contributed by atoms with E-state index in [1.807, 2.05) is 13.8 Å². The van der Waals surface area contributed by atoms with Crippen LogP contribution >= 0.6 is 0 Å². The topological polar surface area (TPSA) is 6.48 Å². The molecule has 0 fully saturated rings. The Morgan fingerprint density at radius 2 is 0.647 bits per heavy atom. The molecule has 0 aromatic heterocycles. The second-order valence-corrected chi connectivity index (χ2v) is 25.6. The van der Waals surface area contributed by atoms with E-state index < -0.39 is 0 Å². The second-order valence-electron chi connectivity index (χ2n) is 25.6. The first kappa shape index (κ1) is 55.2. The number of aryl methyl sites for hydroxylation is 4. The summed E-state index contributed by atoms with van der Waals surface area (Å²) in [5, 5.41) is 0. The molecular weight excluding hydrogens is 1020 g/mol. The summed E-state index contributed by atoms with van der Waals surface area (Å²) in [6.07, 6.45) is 0. The Balaban J connectivity index is 0.00000333. The van der Waals surface area contributed by atoms with Crippen molar-refractivity contribution in [2.75, 3.05) is 9.80 Å². The minimum Gasteiger partial charge on any atom is -0.311 e. The maximum atomic E-state index is 2.55. The van der Waals surface area contributed by atoms with Gasteiger partial charge in [-0.25, -0.2) is 0 Å². The van der Waals surface area contributed by atoms with Gasteiger partial charge in [-0.2, -0.15) is 0 Å². The van der Waals surface area contributed by atoms with Gasteiger partial charge in [0.15, 0.2) is 0 Å². The third-order valence-electron chi connectivity index (χ3n) is 19.3. The minimum atomic E-state index is -0.338. The van der Waals surface area contributed by atoms with E-state index in [0.717, 1.165) is 34.1 Å². The lowest BCUT2D eigenvalue weighted by Crippen LogP contribution is -2.25. The molecule has 420 valence electrons. The van der Waals surface area contributed by atoms with Crippen LogP contribution in [0.3, 0.4) is 0 Å². The fourth-order valence-electron chi connectivity index (χ4n) is 15.4. The molecule has 0 saturated heterocycles. The lowest BCUT2D eigenvalue weighted by Gasteiger charge is -2.33.